The fourth-order valence-corrected chi connectivity index (χ4v) is 2.83. The quantitative estimate of drug-likeness (QED) is 0.770. The van der Waals surface area contributed by atoms with Crippen LogP contribution in [0, 0.1) is 0 Å². The number of pyridine rings is 1. The van der Waals surface area contributed by atoms with Gasteiger partial charge in [0.2, 0.25) is 0 Å². The summed E-state index contributed by atoms with van der Waals surface area (Å²) >= 11 is 0. The van der Waals surface area contributed by atoms with Gasteiger partial charge in [0.25, 0.3) is 0 Å². The molecule has 2 N–H and O–H groups in total. The molecule has 0 spiro atoms. The van der Waals surface area contributed by atoms with Crippen LogP contribution in [0.2, 0.25) is 0 Å². The van der Waals surface area contributed by atoms with Crippen molar-refractivity contribution in [3.63, 3.8) is 0 Å². The van der Waals surface area contributed by atoms with E-state index in [0.29, 0.717) is 6.54 Å². The molecule has 4 rings (SSSR count). The Labute approximate surface area is 146 Å². The summed E-state index contributed by atoms with van der Waals surface area (Å²) < 4.78 is 1.92. The van der Waals surface area contributed by atoms with Gasteiger partial charge in [0, 0.05) is 49.4 Å². The molecule has 0 aliphatic carbocycles. The number of rotatable bonds is 4. The minimum atomic E-state index is 0.663. The van der Waals surface area contributed by atoms with Crippen LogP contribution in [0.1, 0.15) is 12.0 Å². The molecule has 25 heavy (non-hydrogen) atoms. The standard InChI is InChI=1S/C19H20N6/c1-2-5-17(6-3-1)25-14-16(13-23-19-21-9-4-10-22-19)18(24-25)15-7-11-20-12-8-15/h1-3,5-8,11-12,14H,4,9-10,13H2,(H2,21,22,23). The molecular weight excluding hydrogens is 312 g/mol. The summed E-state index contributed by atoms with van der Waals surface area (Å²) in [4.78, 5) is 8.57. The van der Waals surface area contributed by atoms with E-state index < -0.39 is 0 Å². The average molecular weight is 332 g/mol. The van der Waals surface area contributed by atoms with Crippen LogP contribution in [0.4, 0.5) is 0 Å². The molecule has 3 aromatic rings. The Kier molecular flexibility index (Phi) is 4.41. The van der Waals surface area contributed by atoms with E-state index >= 15 is 0 Å². The molecule has 0 saturated heterocycles. The normalized spacial score (nSPS) is 13.8. The zero-order valence-corrected chi connectivity index (χ0v) is 13.9. The lowest BCUT2D eigenvalue weighted by Crippen LogP contribution is -2.40. The molecule has 0 saturated carbocycles. The van der Waals surface area contributed by atoms with Crippen molar-refractivity contribution in [1.29, 1.82) is 0 Å². The maximum absolute atomic E-state index is 4.80. The van der Waals surface area contributed by atoms with Gasteiger partial charge in [-0.3, -0.25) is 9.98 Å². The second-order valence-corrected chi connectivity index (χ2v) is 5.88. The van der Waals surface area contributed by atoms with Crippen LogP contribution in [0.25, 0.3) is 16.9 Å². The minimum absolute atomic E-state index is 0.663. The van der Waals surface area contributed by atoms with E-state index in [4.69, 9.17) is 5.10 Å². The van der Waals surface area contributed by atoms with Gasteiger partial charge < -0.3 is 10.6 Å². The second-order valence-electron chi connectivity index (χ2n) is 5.88. The van der Waals surface area contributed by atoms with Crippen LogP contribution in [-0.2, 0) is 6.54 Å². The Morgan fingerprint density at radius 1 is 1.08 bits per heavy atom. The van der Waals surface area contributed by atoms with Gasteiger partial charge in [0.15, 0.2) is 5.96 Å². The molecule has 3 heterocycles. The van der Waals surface area contributed by atoms with Crippen LogP contribution in [0.15, 0.2) is 66.0 Å². The summed E-state index contributed by atoms with van der Waals surface area (Å²) in [5.41, 5.74) is 4.16. The highest BCUT2D eigenvalue weighted by Crippen LogP contribution is 2.23. The van der Waals surface area contributed by atoms with E-state index in [1.165, 1.54) is 0 Å². The number of nitrogens with one attached hydrogen (secondary N) is 2. The van der Waals surface area contributed by atoms with Crippen LogP contribution >= 0.6 is 0 Å². The lowest BCUT2D eigenvalue weighted by molar-refractivity contribution is 0.702. The molecule has 0 unspecified atom stereocenters. The van der Waals surface area contributed by atoms with Gasteiger partial charge in [-0.05, 0) is 30.7 Å². The summed E-state index contributed by atoms with van der Waals surface area (Å²) in [6.45, 7) is 2.50. The smallest absolute Gasteiger partial charge is 0.191 e. The number of benzene rings is 1. The number of hydrogen-bond acceptors (Lipinski definition) is 5. The third kappa shape index (κ3) is 3.52. The van der Waals surface area contributed by atoms with Gasteiger partial charge in [-0.2, -0.15) is 5.10 Å². The van der Waals surface area contributed by atoms with Gasteiger partial charge >= 0.3 is 0 Å². The summed E-state index contributed by atoms with van der Waals surface area (Å²) in [5.74, 6) is 0.861. The fourth-order valence-electron chi connectivity index (χ4n) is 2.83. The van der Waals surface area contributed by atoms with Crippen LogP contribution in [0.3, 0.4) is 0 Å². The third-order valence-electron chi connectivity index (χ3n) is 4.11. The molecule has 0 fully saturated rings. The van der Waals surface area contributed by atoms with Gasteiger partial charge in [-0.25, -0.2) is 4.68 Å². The van der Waals surface area contributed by atoms with Crippen molar-refractivity contribution < 1.29 is 0 Å². The number of aliphatic imine (C=N–C) groups is 1. The summed E-state index contributed by atoms with van der Waals surface area (Å²) in [7, 11) is 0. The first kappa shape index (κ1) is 15.4. The SMILES string of the molecule is c1ccc(-n2cc(CNC3=NCCCN3)c(-c3ccncc3)n2)cc1. The molecule has 0 amide bonds. The summed E-state index contributed by atoms with van der Waals surface area (Å²) in [5, 5.41) is 11.5. The number of aromatic nitrogens is 3. The molecule has 1 aliphatic heterocycles. The van der Waals surface area contributed by atoms with Gasteiger partial charge in [0.05, 0.1) is 11.4 Å². The first-order valence-corrected chi connectivity index (χ1v) is 8.47. The van der Waals surface area contributed by atoms with Crippen LogP contribution < -0.4 is 10.6 Å². The number of para-hydroxylation sites is 1. The Hall–Kier alpha value is -3.15. The molecule has 0 bridgehead atoms. The predicted molar refractivity (Wildman–Crippen MR) is 98.6 cm³/mol. The zero-order valence-electron chi connectivity index (χ0n) is 13.9. The van der Waals surface area contributed by atoms with Crippen molar-refractivity contribution in [2.45, 2.75) is 13.0 Å². The Morgan fingerprint density at radius 3 is 2.68 bits per heavy atom. The highest BCUT2D eigenvalue weighted by molar-refractivity contribution is 5.80. The van der Waals surface area contributed by atoms with E-state index in [1.807, 2.05) is 47.1 Å². The Bertz CT molecular complexity index is 854. The van der Waals surface area contributed by atoms with E-state index in [9.17, 15) is 0 Å². The highest BCUT2D eigenvalue weighted by atomic mass is 15.3. The van der Waals surface area contributed by atoms with E-state index in [2.05, 4.69) is 26.8 Å². The monoisotopic (exact) mass is 332 g/mol. The molecule has 2 aromatic heterocycles. The minimum Gasteiger partial charge on any atom is -0.356 e. The van der Waals surface area contributed by atoms with Crippen molar-refractivity contribution in [1.82, 2.24) is 25.4 Å². The largest absolute Gasteiger partial charge is 0.356 e. The second kappa shape index (κ2) is 7.17. The maximum Gasteiger partial charge on any atom is 0.191 e. The van der Waals surface area contributed by atoms with E-state index in [0.717, 1.165) is 48.0 Å². The van der Waals surface area contributed by atoms with Crippen molar-refractivity contribution in [2.24, 2.45) is 4.99 Å². The number of guanidine groups is 1. The highest BCUT2D eigenvalue weighted by Gasteiger charge is 2.13. The predicted octanol–water partition coefficient (Wildman–Crippen LogP) is 2.37. The van der Waals surface area contributed by atoms with Crippen molar-refractivity contribution >= 4 is 5.96 Å². The molecule has 1 aliphatic rings. The van der Waals surface area contributed by atoms with Gasteiger partial charge in [-0.15, -0.1) is 0 Å². The molecule has 6 heteroatoms. The average Bonchev–Trinajstić information content (AvgIpc) is 3.13. The van der Waals surface area contributed by atoms with Crippen LogP contribution in [0.5, 0.6) is 0 Å². The first-order valence-electron chi connectivity index (χ1n) is 8.47. The van der Waals surface area contributed by atoms with Crippen molar-refractivity contribution in [3.8, 4) is 16.9 Å². The molecule has 1 aromatic carbocycles. The topological polar surface area (TPSA) is 67.1 Å². The number of nitrogens with zero attached hydrogens (tertiary/aromatic N) is 4. The molecule has 6 nitrogen and oxygen atoms in total. The molecular formula is C19H20N6. The molecule has 0 atom stereocenters. The maximum atomic E-state index is 4.80. The third-order valence-corrected chi connectivity index (χ3v) is 4.11. The Morgan fingerprint density at radius 2 is 1.92 bits per heavy atom. The lowest BCUT2D eigenvalue weighted by atomic mass is 10.1. The van der Waals surface area contributed by atoms with Gasteiger partial charge in [0.1, 0.15) is 0 Å². The van der Waals surface area contributed by atoms with Crippen LogP contribution in [-0.4, -0.2) is 33.8 Å². The summed E-state index contributed by atoms with van der Waals surface area (Å²) in [6, 6.07) is 14.1. The molecule has 0 radical (unpaired) electrons. The molecule has 126 valence electrons. The van der Waals surface area contributed by atoms with Crippen molar-refractivity contribution in [3.05, 3.63) is 66.6 Å². The summed E-state index contributed by atoms with van der Waals surface area (Å²) in [6.07, 6.45) is 6.74. The first-order chi connectivity index (χ1) is 12.4. The van der Waals surface area contributed by atoms with Crippen molar-refractivity contribution in [2.75, 3.05) is 13.1 Å². The zero-order chi connectivity index (χ0) is 16.9. The number of hydrogen-bond donors (Lipinski definition) is 2. The van der Waals surface area contributed by atoms with Gasteiger partial charge in [-0.1, -0.05) is 18.2 Å². The van der Waals surface area contributed by atoms with E-state index in [1.54, 1.807) is 12.4 Å². The fraction of sp³-hybridized carbons (Fsp3) is 0.211. The lowest BCUT2D eigenvalue weighted by Gasteiger charge is -2.15. The Balaban J connectivity index is 1.66. The van der Waals surface area contributed by atoms with E-state index in [-0.39, 0.29) is 0 Å².